The van der Waals surface area contributed by atoms with Gasteiger partial charge >= 0.3 is 0 Å². The lowest BCUT2D eigenvalue weighted by atomic mass is 10.0. The van der Waals surface area contributed by atoms with Gasteiger partial charge in [-0.05, 0) is 43.2 Å². The minimum absolute atomic E-state index is 0.000464. The van der Waals surface area contributed by atoms with Gasteiger partial charge in [-0.2, -0.15) is 4.98 Å². The number of hydrogen-bond acceptors (Lipinski definition) is 4. The van der Waals surface area contributed by atoms with E-state index in [4.69, 9.17) is 4.52 Å². The van der Waals surface area contributed by atoms with Crippen molar-refractivity contribution in [3.8, 4) is 0 Å². The zero-order valence-electron chi connectivity index (χ0n) is 14.0. The standard InChI is InChI=1S/C19H23N3O2/c1-12-6-2-5-9-14(12)15-10-16(15)19-21-17(22-24-19)11-18(23)20-13-7-3-4-8-13/h2,5-6,9,13,15-16H,3-4,7-8,10-11H2,1H3,(H,20,23). The summed E-state index contributed by atoms with van der Waals surface area (Å²) in [5.74, 6) is 1.93. The normalized spacial score (nSPS) is 23.4. The molecule has 1 aromatic carbocycles. The van der Waals surface area contributed by atoms with E-state index in [0.717, 1.165) is 19.3 Å². The van der Waals surface area contributed by atoms with Crippen LogP contribution in [0, 0.1) is 6.92 Å². The molecule has 0 saturated heterocycles. The summed E-state index contributed by atoms with van der Waals surface area (Å²) in [5, 5.41) is 7.06. The van der Waals surface area contributed by atoms with Crippen molar-refractivity contribution in [3.63, 3.8) is 0 Å². The number of hydrogen-bond donors (Lipinski definition) is 1. The second-order valence-corrected chi connectivity index (χ2v) is 7.08. The molecular formula is C19H23N3O2. The summed E-state index contributed by atoms with van der Waals surface area (Å²) in [5.41, 5.74) is 2.67. The van der Waals surface area contributed by atoms with E-state index in [2.05, 4.69) is 46.6 Å². The molecule has 2 aliphatic rings. The maximum Gasteiger partial charge on any atom is 0.230 e. The molecule has 126 valence electrons. The SMILES string of the molecule is Cc1ccccc1C1CC1c1nc(CC(=O)NC2CCCC2)no1. The average molecular weight is 325 g/mol. The van der Waals surface area contributed by atoms with Gasteiger partial charge in [0.05, 0.1) is 6.42 Å². The highest BCUT2D eigenvalue weighted by Gasteiger charge is 2.44. The highest BCUT2D eigenvalue weighted by Crippen LogP contribution is 2.54. The molecule has 2 fully saturated rings. The van der Waals surface area contributed by atoms with Crippen LogP contribution in [0.2, 0.25) is 0 Å². The summed E-state index contributed by atoms with van der Waals surface area (Å²) in [6.45, 7) is 2.14. The predicted molar refractivity (Wildman–Crippen MR) is 89.7 cm³/mol. The van der Waals surface area contributed by atoms with Crippen molar-refractivity contribution in [3.05, 3.63) is 47.1 Å². The number of aryl methyl sites for hydroxylation is 1. The van der Waals surface area contributed by atoms with Gasteiger partial charge < -0.3 is 9.84 Å². The molecule has 2 saturated carbocycles. The number of aromatic nitrogens is 2. The van der Waals surface area contributed by atoms with Crippen molar-refractivity contribution in [1.82, 2.24) is 15.5 Å². The van der Waals surface area contributed by atoms with Gasteiger partial charge in [-0.15, -0.1) is 0 Å². The van der Waals surface area contributed by atoms with Crippen LogP contribution in [-0.4, -0.2) is 22.1 Å². The van der Waals surface area contributed by atoms with Gasteiger partial charge in [-0.3, -0.25) is 4.79 Å². The fourth-order valence-corrected chi connectivity index (χ4v) is 3.80. The molecule has 0 bridgehead atoms. The Labute approximate surface area is 141 Å². The van der Waals surface area contributed by atoms with Crippen LogP contribution in [0.25, 0.3) is 0 Å². The summed E-state index contributed by atoms with van der Waals surface area (Å²) in [7, 11) is 0. The Balaban J connectivity index is 1.36. The fraction of sp³-hybridized carbons (Fsp3) is 0.526. The van der Waals surface area contributed by atoms with E-state index in [1.165, 1.54) is 24.0 Å². The van der Waals surface area contributed by atoms with Crippen LogP contribution in [0.3, 0.4) is 0 Å². The first-order chi connectivity index (χ1) is 11.7. The van der Waals surface area contributed by atoms with Crippen molar-refractivity contribution in [1.29, 1.82) is 0 Å². The number of benzene rings is 1. The highest BCUT2D eigenvalue weighted by atomic mass is 16.5. The van der Waals surface area contributed by atoms with E-state index in [1.807, 2.05) is 0 Å². The number of nitrogens with zero attached hydrogens (tertiary/aromatic N) is 2. The van der Waals surface area contributed by atoms with Crippen LogP contribution in [0.1, 0.15) is 66.8 Å². The third-order valence-corrected chi connectivity index (χ3v) is 5.22. The lowest BCUT2D eigenvalue weighted by Gasteiger charge is -2.10. The summed E-state index contributed by atoms with van der Waals surface area (Å²) < 4.78 is 5.41. The first-order valence-corrected chi connectivity index (χ1v) is 8.88. The van der Waals surface area contributed by atoms with Crippen molar-refractivity contribution < 1.29 is 9.32 Å². The number of carbonyl (C=O) groups excluding carboxylic acids is 1. The Morgan fingerprint density at radius 1 is 1.25 bits per heavy atom. The van der Waals surface area contributed by atoms with Crippen molar-refractivity contribution in [2.24, 2.45) is 0 Å². The minimum atomic E-state index is 0.000464. The molecule has 24 heavy (non-hydrogen) atoms. The molecule has 1 N–H and O–H groups in total. The summed E-state index contributed by atoms with van der Waals surface area (Å²) in [4.78, 5) is 16.5. The molecule has 1 amide bonds. The van der Waals surface area contributed by atoms with Crippen molar-refractivity contribution in [2.75, 3.05) is 0 Å². The number of rotatable bonds is 5. The maximum absolute atomic E-state index is 12.1. The van der Waals surface area contributed by atoms with E-state index in [1.54, 1.807) is 0 Å². The van der Waals surface area contributed by atoms with Gasteiger partial charge in [0.2, 0.25) is 11.8 Å². The summed E-state index contributed by atoms with van der Waals surface area (Å²) >= 11 is 0. The Hall–Kier alpha value is -2.17. The lowest BCUT2D eigenvalue weighted by Crippen LogP contribution is -2.33. The second kappa shape index (κ2) is 6.38. The summed E-state index contributed by atoms with van der Waals surface area (Å²) in [6.07, 6.45) is 5.84. The van der Waals surface area contributed by atoms with Gasteiger partial charge in [0.15, 0.2) is 5.82 Å². The minimum Gasteiger partial charge on any atom is -0.353 e. The lowest BCUT2D eigenvalue weighted by molar-refractivity contribution is -0.121. The average Bonchev–Trinajstić information content (AvgIpc) is 2.94. The highest BCUT2D eigenvalue weighted by molar-refractivity contribution is 5.78. The number of amides is 1. The van der Waals surface area contributed by atoms with Crippen LogP contribution < -0.4 is 5.32 Å². The third kappa shape index (κ3) is 3.21. The van der Waals surface area contributed by atoms with E-state index < -0.39 is 0 Å². The van der Waals surface area contributed by atoms with Crippen LogP contribution >= 0.6 is 0 Å². The Kier molecular flexibility index (Phi) is 4.08. The first kappa shape index (κ1) is 15.4. The molecule has 1 aromatic heterocycles. The monoisotopic (exact) mass is 325 g/mol. The molecule has 2 aromatic rings. The van der Waals surface area contributed by atoms with E-state index in [-0.39, 0.29) is 12.3 Å². The fourth-order valence-electron chi connectivity index (χ4n) is 3.80. The van der Waals surface area contributed by atoms with Gasteiger partial charge in [0, 0.05) is 12.0 Å². The van der Waals surface area contributed by atoms with Crippen LogP contribution in [-0.2, 0) is 11.2 Å². The number of carbonyl (C=O) groups is 1. The molecule has 2 atom stereocenters. The molecule has 2 unspecified atom stereocenters. The topological polar surface area (TPSA) is 68.0 Å². The third-order valence-electron chi connectivity index (χ3n) is 5.22. The molecule has 5 heteroatoms. The maximum atomic E-state index is 12.1. The van der Waals surface area contributed by atoms with Crippen LogP contribution in [0.4, 0.5) is 0 Å². The molecule has 5 nitrogen and oxygen atoms in total. The quantitative estimate of drug-likeness (QED) is 0.916. The van der Waals surface area contributed by atoms with Gasteiger partial charge in [0.25, 0.3) is 0 Å². The number of nitrogens with one attached hydrogen (secondary N) is 1. The Bertz CT molecular complexity index is 734. The summed E-state index contributed by atoms with van der Waals surface area (Å²) in [6, 6.07) is 8.77. The van der Waals surface area contributed by atoms with Gasteiger partial charge in [0.1, 0.15) is 0 Å². The van der Waals surface area contributed by atoms with E-state index >= 15 is 0 Å². The molecule has 0 aliphatic heterocycles. The van der Waals surface area contributed by atoms with Crippen LogP contribution in [0.5, 0.6) is 0 Å². The Morgan fingerprint density at radius 3 is 2.83 bits per heavy atom. The van der Waals surface area contributed by atoms with Gasteiger partial charge in [-0.1, -0.05) is 42.3 Å². The molecule has 1 heterocycles. The molecular weight excluding hydrogens is 302 g/mol. The molecule has 0 spiro atoms. The smallest absolute Gasteiger partial charge is 0.230 e. The molecule has 2 aliphatic carbocycles. The van der Waals surface area contributed by atoms with E-state index in [0.29, 0.717) is 29.6 Å². The van der Waals surface area contributed by atoms with E-state index in [9.17, 15) is 4.79 Å². The van der Waals surface area contributed by atoms with Gasteiger partial charge in [-0.25, -0.2) is 0 Å². The van der Waals surface area contributed by atoms with Crippen molar-refractivity contribution >= 4 is 5.91 Å². The molecule has 0 radical (unpaired) electrons. The first-order valence-electron chi connectivity index (χ1n) is 8.88. The largest absolute Gasteiger partial charge is 0.353 e. The Morgan fingerprint density at radius 2 is 2.04 bits per heavy atom. The zero-order chi connectivity index (χ0) is 16.5. The van der Waals surface area contributed by atoms with Crippen LogP contribution in [0.15, 0.2) is 28.8 Å². The van der Waals surface area contributed by atoms with Crippen molar-refractivity contribution in [2.45, 2.75) is 63.3 Å². The predicted octanol–water partition coefficient (Wildman–Crippen LogP) is 3.25. The molecule has 4 rings (SSSR count). The zero-order valence-corrected chi connectivity index (χ0v) is 14.0. The second-order valence-electron chi connectivity index (χ2n) is 7.08.